The molecule has 6 nitrogen and oxygen atoms in total. The van der Waals surface area contributed by atoms with E-state index in [1.807, 2.05) is 30.3 Å². The summed E-state index contributed by atoms with van der Waals surface area (Å²) < 4.78 is 2.09. The van der Waals surface area contributed by atoms with E-state index in [-0.39, 0.29) is 17.9 Å². The van der Waals surface area contributed by atoms with Crippen LogP contribution >= 0.6 is 0 Å². The molecule has 1 saturated carbocycles. The van der Waals surface area contributed by atoms with E-state index in [2.05, 4.69) is 23.4 Å². The van der Waals surface area contributed by atoms with Crippen molar-refractivity contribution in [3.8, 4) is 0 Å². The number of para-hydroxylation sites is 1. The van der Waals surface area contributed by atoms with Gasteiger partial charge >= 0.3 is 0 Å². The third-order valence-corrected chi connectivity index (χ3v) is 5.56. The van der Waals surface area contributed by atoms with Crippen molar-refractivity contribution in [2.45, 2.75) is 39.2 Å². The van der Waals surface area contributed by atoms with Crippen molar-refractivity contribution in [3.63, 3.8) is 0 Å². The van der Waals surface area contributed by atoms with E-state index in [0.717, 1.165) is 30.0 Å². The monoisotopic (exact) mass is 366 g/mol. The Morgan fingerprint density at radius 1 is 1.26 bits per heavy atom. The molecule has 1 aliphatic carbocycles. The Morgan fingerprint density at radius 2 is 1.96 bits per heavy atom. The zero-order valence-corrected chi connectivity index (χ0v) is 16.1. The number of benzene rings is 1. The number of hydrogen-bond donors (Lipinski definition) is 0. The lowest BCUT2D eigenvalue weighted by atomic mass is 9.94. The van der Waals surface area contributed by atoms with Crippen LogP contribution in [-0.4, -0.2) is 35.0 Å². The summed E-state index contributed by atoms with van der Waals surface area (Å²) in [6, 6.07) is 9.71. The van der Waals surface area contributed by atoms with Crippen LogP contribution < -0.4 is 9.80 Å². The van der Waals surface area contributed by atoms with E-state index >= 15 is 0 Å². The standard InChI is InChI=1S/C21H26N4O2/c1-14(2)25-13-22-19-18(25)11-17(21(27)24(19)12-15-9-10-15)20(26)23(3)16-7-5-4-6-8-16/h4-8,13-15,17H,9-12H2,1-3H3/t17-/m1/s1. The second-order valence-corrected chi connectivity index (χ2v) is 7.90. The second kappa shape index (κ2) is 6.83. The highest BCUT2D eigenvalue weighted by atomic mass is 16.2. The van der Waals surface area contributed by atoms with Crippen molar-refractivity contribution in [1.29, 1.82) is 0 Å². The fraction of sp³-hybridized carbons (Fsp3) is 0.476. The van der Waals surface area contributed by atoms with Gasteiger partial charge in [-0.3, -0.25) is 14.5 Å². The van der Waals surface area contributed by atoms with Gasteiger partial charge in [0.05, 0.1) is 12.0 Å². The molecule has 27 heavy (non-hydrogen) atoms. The van der Waals surface area contributed by atoms with Crippen LogP contribution in [0, 0.1) is 11.8 Å². The van der Waals surface area contributed by atoms with Gasteiger partial charge in [-0.1, -0.05) is 18.2 Å². The molecule has 2 amide bonds. The number of rotatable bonds is 5. The normalized spacial score (nSPS) is 19.3. The van der Waals surface area contributed by atoms with E-state index in [1.165, 1.54) is 0 Å². The molecule has 0 spiro atoms. The molecule has 1 aromatic carbocycles. The average Bonchev–Trinajstić information content (AvgIpc) is 3.39. The summed E-state index contributed by atoms with van der Waals surface area (Å²) in [4.78, 5) is 34.3. The van der Waals surface area contributed by atoms with Gasteiger partial charge in [0.25, 0.3) is 0 Å². The lowest BCUT2D eigenvalue weighted by Crippen LogP contribution is -2.49. The number of imidazole rings is 1. The van der Waals surface area contributed by atoms with Crippen LogP contribution in [0.5, 0.6) is 0 Å². The van der Waals surface area contributed by atoms with Crippen molar-refractivity contribution >= 4 is 23.3 Å². The fourth-order valence-electron chi connectivity index (χ4n) is 3.76. The molecule has 1 aliphatic heterocycles. The molecule has 0 radical (unpaired) electrons. The SMILES string of the molecule is CC(C)n1cnc2c1C[C@H](C(=O)N(C)c1ccccc1)C(=O)N2CC1CC1. The lowest BCUT2D eigenvalue weighted by Gasteiger charge is -2.33. The number of nitrogens with zero attached hydrogens (tertiary/aromatic N) is 4. The first-order chi connectivity index (χ1) is 13.0. The molecular formula is C21H26N4O2. The van der Waals surface area contributed by atoms with E-state index in [1.54, 1.807) is 23.2 Å². The summed E-state index contributed by atoms with van der Waals surface area (Å²) in [7, 11) is 1.74. The number of amides is 2. The first-order valence-corrected chi connectivity index (χ1v) is 9.67. The summed E-state index contributed by atoms with van der Waals surface area (Å²) in [5.41, 5.74) is 1.79. The molecule has 1 atom stereocenters. The highest BCUT2D eigenvalue weighted by Crippen LogP contribution is 2.37. The molecular weight excluding hydrogens is 340 g/mol. The summed E-state index contributed by atoms with van der Waals surface area (Å²) in [5.74, 6) is 0.305. The predicted molar refractivity (Wildman–Crippen MR) is 105 cm³/mol. The quantitative estimate of drug-likeness (QED) is 0.764. The van der Waals surface area contributed by atoms with Crippen LogP contribution in [0.3, 0.4) is 0 Å². The molecule has 0 bridgehead atoms. The van der Waals surface area contributed by atoms with E-state index in [4.69, 9.17) is 0 Å². The zero-order valence-electron chi connectivity index (χ0n) is 16.1. The molecule has 1 fully saturated rings. The average molecular weight is 366 g/mol. The Balaban J connectivity index is 1.67. The first-order valence-electron chi connectivity index (χ1n) is 9.67. The smallest absolute Gasteiger partial charge is 0.241 e. The molecule has 0 unspecified atom stereocenters. The van der Waals surface area contributed by atoms with Crippen LogP contribution in [0.4, 0.5) is 11.5 Å². The molecule has 6 heteroatoms. The van der Waals surface area contributed by atoms with Crippen LogP contribution in [0.25, 0.3) is 0 Å². The molecule has 1 aromatic heterocycles. The Labute approximate surface area is 159 Å². The highest BCUT2D eigenvalue weighted by molar-refractivity contribution is 6.13. The number of hydrogen-bond acceptors (Lipinski definition) is 3. The van der Waals surface area contributed by atoms with Crippen LogP contribution in [0.2, 0.25) is 0 Å². The van der Waals surface area contributed by atoms with E-state index < -0.39 is 5.92 Å². The van der Waals surface area contributed by atoms with Crippen LogP contribution in [-0.2, 0) is 16.0 Å². The Bertz CT molecular complexity index is 854. The zero-order chi connectivity index (χ0) is 19.1. The molecule has 0 N–H and O–H groups in total. The Morgan fingerprint density at radius 3 is 2.59 bits per heavy atom. The maximum atomic E-state index is 13.2. The molecule has 0 saturated heterocycles. The number of carbonyl (C=O) groups is 2. The van der Waals surface area contributed by atoms with Crippen molar-refractivity contribution in [3.05, 3.63) is 42.4 Å². The van der Waals surface area contributed by atoms with E-state index in [9.17, 15) is 9.59 Å². The summed E-state index contributed by atoms with van der Waals surface area (Å²) in [5, 5.41) is 0. The summed E-state index contributed by atoms with van der Waals surface area (Å²) in [6.07, 6.45) is 4.50. The van der Waals surface area contributed by atoms with Crippen LogP contribution in [0.1, 0.15) is 38.4 Å². The number of fused-ring (bicyclic) bond motifs is 1. The second-order valence-electron chi connectivity index (χ2n) is 7.90. The third kappa shape index (κ3) is 3.24. The van der Waals surface area contributed by atoms with Gasteiger partial charge in [-0.2, -0.15) is 0 Å². The van der Waals surface area contributed by atoms with Crippen molar-refractivity contribution in [2.24, 2.45) is 11.8 Å². The number of aromatic nitrogens is 2. The molecule has 2 aromatic rings. The Kier molecular flexibility index (Phi) is 4.50. The van der Waals surface area contributed by atoms with Gasteiger partial charge in [0, 0.05) is 31.7 Å². The van der Waals surface area contributed by atoms with E-state index in [0.29, 0.717) is 18.9 Å². The lowest BCUT2D eigenvalue weighted by molar-refractivity contribution is -0.132. The van der Waals surface area contributed by atoms with Gasteiger partial charge < -0.3 is 9.47 Å². The Hall–Kier alpha value is -2.63. The van der Waals surface area contributed by atoms with Gasteiger partial charge in [0.1, 0.15) is 5.92 Å². The largest absolute Gasteiger partial charge is 0.330 e. The summed E-state index contributed by atoms with van der Waals surface area (Å²) >= 11 is 0. The number of carbonyl (C=O) groups excluding carboxylic acids is 2. The number of anilines is 2. The van der Waals surface area contributed by atoms with Crippen molar-refractivity contribution < 1.29 is 9.59 Å². The van der Waals surface area contributed by atoms with Gasteiger partial charge in [-0.15, -0.1) is 0 Å². The van der Waals surface area contributed by atoms with Gasteiger partial charge in [-0.25, -0.2) is 4.98 Å². The first kappa shape index (κ1) is 17.8. The maximum absolute atomic E-state index is 13.2. The minimum Gasteiger partial charge on any atom is -0.330 e. The molecule has 142 valence electrons. The molecule has 2 heterocycles. The predicted octanol–water partition coefficient (Wildman–Crippen LogP) is 3.04. The van der Waals surface area contributed by atoms with Gasteiger partial charge in [0.2, 0.25) is 11.8 Å². The molecule has 4 rings (SSSR count). The van der Waals surface area contributed by atoms with Gasteiger partial charge in [-0.05, 0) is 44.7 Å². The van der Waals surface area contributed by atoms with Crippen LogP contribution in [0.15, 0.2) is 36.7 Å². The van der Waals surface area contributed by atoms with Gasteiger partial charge in [0.15, 0.2) is 5.82 Å². The van der Waals surface area contributed by atoms with Crippen molar-refractivity contribution in [1.82, 2.24) is 9.55 Å². The molecule has 2 aliphatic rings. The fourth-order valence-corrected chi connectivity index (χ4v) is 3.76. The summed E-state index contributed by atoms with van der Waals surface area (Å²) in [6.45, 7) is 4.85. The minimum atomic E-state index is -0.698. The highest BCUT2D eigenvalue weighted by Gasteiger charge is 2.43. The third-order valence-electron chi connectivity index (χ3n) is 5.56. The van der Waals surface area contributed by atoms with Crippen molar-refractivity contribution in [2.75, 3.05) is 23.4 Å². The minimum absolute atomic E-state index is 0.115. The maximum Gasteiger partial charge on any atom is 0.241 e. The topological polar surface area (TPSA) is 58.4 Å².